The van der Waals surface area contributed by atoms with Crippen LogP contribution in [0.1, 0.15) is 200 Å². The first-order valence-electron chi connectivity index (χ1n) is 49.2. The molecule has 1 aliphatic carbocycles. The summed E-state index contributed by atoms with van der Waals surface area (Å²) in [5.41, 5.74) is -0.368. The molecule has 3 aromatic heterocycles. The maximum atomic E-state index is 14.6. The highest BCUT2D eigenvalue weighted by Gasteiger charge is 2.48. The highest BCUT2D eigenvalue weighted by Crippen LogP contribution is 2.42. The predicted molar refractivity (Wildman–Crippen MR) is 526 cm³/mol. The number of allylic oxidation sites excluding steroid dienone is 2. The van der Waals surface area contributed by atoms with E-state index in [-0.39, 0.29) is 88.7 Å². The lowest BCUT2D eigenvalue weighted by atomic mass is 9.89. The summed E-state index contributed by atoms with van der Waals surface area (Å²) in [6.07, 6.45) is -13.5. The second-order valence-electron chi connectivity index (χ2n) is 38.2. The molecule has 1 aromatic carbocycles. The molecular weight excluding hydrogens is 1970 g/mol. The lowest BCUT2D eigenvalue weighted by Crippen LogP contribution is -2.44. The number of aromatic nitrogens is 6. The first-order valence-corrected chi connectivity index (χ1v) is 51.4. The third-order valence-electron chi connectivity index (χ3n) is 22.5. The van der Waals surface area contributed by atoms with Crippen molar-refractivity contribution in [2.45, 2.75) is 297 Å². The number of hydrogen-bond donors (Lipinski definition) is 4. The molecule has 1 saturated carbocycles. The van der Waals surface area contributed by atoms with E-state index in [4.69, 9.17) is 90.0 Å². The number of ether oxygens (including phenoxy) is 19. The van der Waals surface area contributed by atoms with Crippen molar-refractivity contribution in [3.8, 4) is 17.6 Å². The number of morpholine rings is 3. The normalized spacial score (nSPS) is 18.5. The number of rotatable bonds is 59. The zero-order valence-corrected chi connectivity index (χ0v) is 88.7. The number of carbonyl (C=O) groups excluding carboxylic acids is 14. The lowest BCUT2D eigenvalue weighted by Gasteiger charge is -2.27. The van der Waals surface area contributed by atoms with Gasteiger partial charge in [-0.05, 0) is 161 Å². The van der Waals surface area contributed by atoms with Gasteiger partial charge in [0.2, 0.25) is 23.4 Å². The number of carbonyl (C=O) groups is 14. The Bertz CT molecular complexity index is 4890. The van der Waals surface area contributed by atoms with E-state index in [1.54, 1.807) is 25.2 Å². The van der Waals surface area contributed by atoms with Gasteiger partial charge in [-0.2, -0.15) is 13.1 Å². The second-order valence-corrected chi connectivity index (χ2v) is 39.8. The monoisotopic (exact) mass is 2110 g/mol. The third-order valence-corrected chi connectivity index (χ3v) is 24.0. The fourth-order valence-corrected chi connectivity index (χ4v) is 16.1. The highest BCUT2D eigenvalue weighted by molar-refractivity contribution is 7.00. The van der Waals surface area contributed by atoms with Crippen LogP contribution in [0.3, 0.4) is 0 Å². The average Bonchev–Trinajstić information content (AvgIpc) is 1.65. The Morgan fingerprint density at radius 2 is 0.740 bits per heavy atom. The minimum atomic E-state index is -1.78. The van der Waals surface area contributed by atoms with Crippen molar-refractivity contribution in [1.29, 1.82) is 0 Å². The van der Waals surface area contributed by atoms with E-state index in [9.17, 15) is 67.1 Å². The number of hydrogen-bond acceptors (Lipinski definition) is 48. The van der Waals surface area contributed by atoms with Gasteiger partial charge in [0.25, 0.3) is 17.6 Å². The summed E-state index contributed by atoms with van der Waals surface area (Å²) in [4.78, 5) is 197. The lowest BCUT2D eigenvalue weighted by molar-refractivity contribution is -0.184. The fraction of sp³-hybridized carbons (Fsp3) is 0.691. The summed E-state index contributed by atoms with van der Waals surface area (Å²) in [5.74, 6) is -13.3. The van der Waals surface area contributed by atoms with Gasteiger partial charge in [0.15, 0.2) is 42.7 Å². The van der Waals surface area contributed by atoms with Gasteiger partial charge in [0.05, 0.1) is 113 Å². The number of aryl methyl sites for hydroxylation is 1. The quantitative estimate of drug-likeness (QED) is 0.0152. The molecule has 4 N–H and O–H groups in total. The summed E-state index contributed by atoms with van der Waals surface area (Å²) in [6, 6.07) is 9.11. The van der Waals surface area contributed by atoms with Gasteiger partial charge in [-0.3, -0.25) is 33.6 Å². The molecule has 3 saturated heterocycles. The topological polar surface area (TPSA) is 550 Å². The Morgan fingerprint density at radius 3 is 1.09 bits per heavy atom. The standard InChI is InChI=1S/C97H143N13O33S3/c1-18-98-75(111)29-25-20-19-24-28-71-72(33-32-67(31-30-66-26-22-21-23-27-66)141-92(122)61(4)133-78(114)36-39-81(117)140-70(55-101-97(15,16)17)58-130-87-84(104-146-107-87)110-44-50-127-51-45-110)74(143-94(124)65(8)137-91(121)63(6)135-89(119)60(3)132-77(113)35-38-80(116)139-69(54-100-96(12,13)14)57-129-86-83(103-145-106-86)109-42-48-126-49-43-109)52-73(71)142-93(123)64(7)136-90(120)62(5)134-88(118)59(2)131-76(112)34-37-79(115)138-68(53-99-95(9,10)11)56-128-85-82(102-144-105-85)108-40-46-125-47-41-108/h19,21-24,26-27,32-33,59-65,67-74,99-101H,18,20,25,28-31,34-58H2,1-17H3,(H,98,111)/b24-19-,33-32+/t59?,60?,61?,62?,63?,64?,65?,67-,68-,69-,70-,71+,72+,73-,74+/m0/s1. The van der Waals surface area contributed by atoms with Crippen LogP contribution in [-0.2, 0) is 149 Å². The molecular formula is C97H143N13O33S3. The van der Waals surface area contributed by atoms with Gasteiger partial charge in [0.1, 0.15) is 56.4 Å². The van der Waals surface area contributed by atoms with Crippen LogP contribution in [0.15, 0.2) is 54.6 Å². The molecule has 4 aliphatic rings. The van der Waals surface area contributed by atoms with Crippen LogP contribution in [0.4, 0.5) is 17.5 Å². The van der Waals surface area contributed by atoms with E-state index < -0.39 is 224 Å². The smallest absolute Gasteiger partial charge is 0.347 e. The molecule has 4 fully saturated rings. The van der Waals surface area contributed by atoms with Crippen LogP contribution in [0, 0.1) is 11.8 Å². The fourth-order valence-electron chi connectivity index (χ4n) is 14.5. The molecule has 3 aliphatic heterocycles. The molecule has 0 spiro atoms. The van der Waals surface area contributed by atoms with Gasteiger partial charge >= 0.3 is 77.6 Å². The van der Waals surface area contributed by atoms with Crippen molar-refractivity contribution in [1.82, 2.24) is 47.5 Å². The van der Waals surface area contributed by atoms with Crippen LogP contribution in [0.5, 0.6) is 17.6 Å². The minimum Gasteiger partial charge on any atom is -0.470 e. The Kier molecular flexibility index (Phi) is 49.8. The Hall–Kier alpha value is -11.5. The molecule has 4 aromatic rings. The maximum absolute atomic E-state index is 14.6. The number of benzene rings is 1. The van der Waals surface area contributed by atoms with Crippen LogP contribution >= 0.6 is 35.2 Å². The first kappa shape index (κ1) is 120. The first-order chi connectivity index (χ1) is 69.4. The summed E-state index contributed by atoms with van der Waals surface area (Å²) < 4.78 is 134. The Balaban J connectivity index is 0.948. The number of esters is 13. The molecule has 46 nitrogen and oxygen atoms in total. The number of unbranched alkanes of at least 4 members (excludes halogenated alkanes) is 1. The number of nitrogens with one attached hydrogen (secondary N) is 4. The zero-order chi connectivity index (χ0) is 107. The van der Waals surface area contributed by atoms with Crippen molar-refractivity contribution in [2.24, 2.45) is 11.8 Å². The molecule has 0 bridgehead atoms. The number of anilines is 3. The van der Waals surface area contributed by atoms with Crippen molar-refractivity contribution in [3.63, 3.8) is 0 Å². The Labute approximate surface area is 862 Å². The van der Waals surface area contributed by atoms with Gasteiger partial charge in [-0.15, -0.1) is 13.1 Å². The van der Waals surface area contributed by atoms with E-state index in [1.165, 1.54) is 26.8 Å². The molecule has 0 radical (unpaired) electrons. The van der Waals surface area contributed by atoms with Crippen molar-refractivity contribution in [2.75, 3.05) is 140 Å². The zero-order valence-electron chi connectivity index (χ0n) is 86.2. The maximum Gasteiger partial charge on any atom is 0.347 e. The third kappa shape index (κ3) is 43.9. The molecule has 15 atom stereocenters. The van der Waals surface area contributed by atoms with Crippen LogP contribution < -0.4 is 50.2 Å². The van der Waals surface area contributed by atoms with Crippen molar-refractivity contribution < 1.29 is 157 Å². The van der Waals surface area contributed by atoms with Gasteiger partial charge in [-0.25, -0.2) is 33.6 Å². The highest BCUT2D eigenvalue weighted by atomic mass is 32.1. The molecule has 1 amide bonds. The van der Waals surface area contributed by atoms with Crippen molar-refractivity contribution >= 4 is 136 Å². The molecule has 812 valence electrons. The minimum absolute atomic E-state index is 0.0347. The summed E-state index contributed by atoms with van der Waals surface area (Å²) in [5, 5.41) is 12.6. The molecule has 49 heteroatoms. The summed E-state index contributed by atoms with van der Waals surface area (Å²) in [7, 11) is 0. The van der Waals surface area contributed by atoms with Crippen LogP contribution in [-0.4, -0.2) is 331 Å². The van der Waals surface area contributed by atoms with E-state index in [0.29, 0.717) is 122 Å². The largest absolute Gasteiger partial charge is 0.470 e. The van der Waals surface area contributed by atoms with E-state index in [2.05, 4.69) is 47.5 Å². The van der Waals surface area contributed by atoms with E-state index in [0.717, 1.165) is 68.4 Å². The van der Waals surface area contributed by atoms with E-state index in [1.807, 2.05) is 107 Å². The van der Waals surface area contributed by atoms with Crippen LogP contribution in [0.25, 0.3) is 0 Å². The van der Waals surface area contributed by atoms with E-state index >= 15 is 0 Å². The summed E-state index contributed by atoms with van der Waals surface area (Å²) in [6.45, 7) is 34.2. The SMILES string of the molecule is CCNC(=O)CCC/C=C\C[C@@H]1[C@@H](/C=C/[C@H](CCc2ccccc2)OC(=O)C(C)OC(=O)CCC(=O)O[C@@H](CNC(C)(C)C)COc2nsnc2N2CCOCC2)[C@H](OC(=O)C(C)OC(=O)C(C)OC(=O)C(C)OC(=O)CCC(=O)O[C@@H](CNC(C)(C)C)COc2nsnc2N2CCOCC2)C[C@@H]1OC(=O)C(C)OC(=O)C(C)OC(=O)C(C)OC(=O)CCC(=O)O[C@@H](CNC(C)(C)C)COc1nsnc1N1CCOCC1. The number of nitrogens with zero attached hydrogens (tertiary/aromatic N) is 9. The second kappa shape index (κ2) is 60.7. The van der Waals surface area contributed by atoms with Gasteiger partial charge < -0.3 is 126 Å². The van der Waals surface area contributed by atoms with Gasteiger partial charge in [-0.1, -0.05) is 48.6 Å². The van der Waals surface area contributed by atoms with Crippen molar-refractivity contribution in [3.05, 3.63) is 60.2 Å². The van der Waals surface area contributed by atoms with Gasteiger partial charge in [0, 0.05) is 107 Å². The molecule has 8 rings (SSSR count). The van der Waals surface area contributed by atoms with Crippen LogP contribution in [0.2, 0.25) is 0 Å². The number of amides is 1. The summed E-state index contributed by atoms with van der Waals surface area (Å²) >= 11 is 2.89. The molecule has 7 unspecified atom stereocenters. The molecule has 6 heterocycles. The molecule has 146 heavy (non-hydrogen) atoms. The average molecular weight is 2120 g/mol. The predicted octanol–water partition coefficient (Wildman–Crippen LogP) is 6.86. The Morgan fingerprint density at radius 1 is 0.411 bits per heavy atom.